The van der Waals surface area contributed by atoms with Crippen LogP contribution in [0.15, 0.2) is 6.20 Å². The van der Waals surface area contributed by atoms with Gasteiger partial charge < -0.3 is 10.4 Å². The number of hydrogen-bond acceptors (Lipinski definition) is 4. The lowest BCUT2D eigenvalue weighted by molar-refractivity contribution is 0.207. The van der Waals surface area contributed by atoms with E-state index in [4.69, 9.17) is 5.11 Å². The molecule has 0 saturated heterocycles. The van der Waals surface area contributed by atoms with Crippen LogP contribution in [0.5, 0.6) is 0 Å². The molecule has 0 unspecified atom stereocenters. The summed E-state index contributed by atoms with van der Waals surface area (Å²) in [5.74, 6) is 0. The van der Waals surface area contributed by atoms with Crippen LogP contribution < -0.4 is 5.32 Å². The number of aromatic nitrogens is 3. The molecule has 78 valence electrons. The molecule has 0 bridgehead atoms. The lowest BCUT2D eigenvalue weighted by atomic mass is 10.1. The largest absolute Gasteiger partial charge is 0.396 e. The zero-order chi connectivity index (χ0) is 10.0. The van der Waals surface area contributed by atoms with E-state index in [1.54, 1.807) is 10.9 Å². The average Bonchev–Trinajstić information content (AvgIpc) is 2.86. The van der Waals surface area contributed by atoms with Crippen molar-refractivity contribution in [3.05, 3.63) is 11.9 Å². The Morgan fingerprint density at radius 2 is 2.43 bits per heavy atom. The molecule has 1 saturated carbocycles. The third-order valence-electron chi connectivity index (χ3n) is 2.91. The maximum absolute atomic E-state index is 9.10. The van der Waals surface area contributed by atoms with Crippen LogP contribution in [-0.4, -0.2) is 33.3 Å². The van der Waals surface area contributed by atoms with E-state index in [1.807, 2.05) is 7.05 Å². The van der Waals surface area contributed by atoms with Crippen LogP contribution >= 0.6 is 0 Å². The summed E-state index contributed by atoms with van der Waals surface area (Å²) in [6.07, 6.45) is 4.03. The Morgan fingerprint density at radius 1 is 1.64 bits per heavy atom. The quantitative estimate of drug-likeness (QED) is 0.677. The van der Waals surface area contributed by atoms with E-state index in [0.29, 0.717) is 6.61 Å². The summed E-state index contributed by atoms with van der Waals surface area (Å²) in [5.41, 5.74) is 1.24. The van der Waals surface area contributed by atoms with E-state index in [2.05, 4.69) is 15.6 Å². The van der Waals surface area contributed by atoms with Gasteiger partial charge in [0.2, 0.25) is 0 Å². The standard InChI is InChI=1S/C9H16N4O/c1-13-8(5-11-12-13)4-10-6-9(7-14)2-3-9/h5,10,14H,2-4,6-7H2,1H3. The Morgan fingerprint density at radius 3 is 2.93 bits per heavy atom. The fourth-order valence-corrected chi connectivity index (χ4v) is 1.49. The van der Waals surface area contributed by atoms with Crippen molar-refractivity contribution in [3.8, 4) is 0 Å². The molecule has 2 rings (SSSR count). The average molecular weight is 196 g/mol. The highest BCUT2D eigenvalue weighted by Crippen LogP contribution is 2.44. The van der Waals surface area contributed by atoms with Gasteiger partial charge in [-0.1, -0.05) is 5.21 Å². The molecule has 5 nitrogen and oxygen atoms in total. The van der Waals surface area contributed by atoms with E-state index < -0.39 is 0 Å². The molecular weight excluding hydrogens is 180 g/mol. The SMILES string of the molecule is Cn1nncc1CNCC1(CO)CC1. The second-order valence-corrected chi connectivity index (χ2v) is 4.11. The lowest BCUT2D eigenvalue weighted by Crippen LogP contribution is -2.26. The predicted molar refractivity (Wildman–Crippen MR) is 51.5 cm³/mol. The fraction of sp³-hybridized carbons (Fsp3) is 0.778. The van der Waals surface area contributed by atoms with Crippen LogP contribution in [0.25, 0.3) is 0 Å². The summed E-state index contributed by atoms with van der Waals surface area (Å²) in [6, 6.07) is 0. The Kier molecular flexibility index (Phi) is 2.52. The third kappa shape index (κ3) is 1.93. The van der Waals surface area contributed by atoms with E-state index in [-0.39, 0.29) is 5.41 Å². The molecule has 0 aliphatic heterocycles. The van der Waals surface area contributed by atoms with Crippen molar-refractivity contribution in [3.63, 3.8) is 0 Å². The molecule has 1 aromatic rings. The van der Waals surface area contributed by atoms with Gasteiger partial charge in [0.1, 0.15) is 0 Å². The Balaban J connectivity index is 1.76. The number of hydrogen-bond donors (Lipinski definition) is 2. The molecule has 0 amide bonds. The van der Waals surface area contributed by atoms with Crippen LogP contribution in [0.4, 0.5) is 0 Å². The van der Waals surface area contributed by atoms with Crippen molar-refractivity contribution >= 4 is 0 Å². The molecule has 14 heavy (non-hydrogen) atoms. The highest BCUT2D eigenvalue weighted by atomic mass is 16.3. The Hall–Kier alpha value is -0.940. The topological polar surface area (TPSA) is 63.0 Å². The molecule has 2 N–H and O–H groups in total. The number of aliphatic hydroxyl groups is 1. The second-order valence-electron chi connectivity index (χ2n) is 4.11. The van der Waals surface area contributed by atoms with E-state index in [9.17, 15) is 0 Å². The van der Waals surface area contributed by atoms with Crippen molar-refractivity contribution in [1.82, 2.24) is 20.3 Å². The normalized spacial score (nSPS) is 18.4. The van der Waals surface area contributed by atoms with Gasteiger partial charge in [-0.25, -0.2) is 0 Å². The summed E-state index contributed by atoms with van der Waals surface area (Å²) in [7, 11) is 1.88. The molecular formula is C9H16N4O. The molecule has 1 aliphatic carbocycles. The molecule has 5 heteroatoms. The number of aliphatic hydroxyl groups excluding tert-OH is 1. The molecule has 0 spiro atoms. The predicted octanol–water partition coefficient (Wildman–Crippen LogP) is -0.323. The fourth-order valence-electron chi connectivity index (χ4n) is 1.49. The number of rotatable bonds is 5. The highest BCUT2D eigenvalue weighted by Gasteiger charge is 2.41. The summed E-state index contributed by atoms with van der Waals surface area (Å²) < 4.78 is 1.76. The Bertz CT molecular complexity index is 306. The smallest absolute Gasteiger partial charge is 0.0738 e. The minimum Gasteiger partial charge on any atom is -0.396 e. The van der Waals surface area contributed by atoms with Gasteiger partial charge in [-0.3, -0.25) is 4.68 Å². The van der Waals surface area contributed by atoms with Crippen molar-refractivity contribution in [2.45, 2.75) is 19.4 Å². The lowest BCUT2D eigenvalue weighted by Gasteiger charge is -2.12. The van der Waals surface area contributed by atoms with E-state index in [0.717, 1.165) is 31.6 Å². The summed E-state index contributed by atoms with van der Waals surface area (Å²) in [4.78, 5) is 0. The first kappa shape index (κ1) is 9.61. The van der Waals surface area contributed by atoms with Gasteiger partial charge in [0, 0.05) is 32.2 Å². The molecule has 1 fully saturated rings. The molecule has 1 aromatic heterocycles. The van der Waals surface area contributed by atoms with Crippen molar-refractivity contribution in [2.24, 2.45) is 12.5 Å². The first-order chi connectivity index (χ1) is 6.76. The first-order valence-electron chi connectivity index (χ1n) is 4.91. The minimum atomic E-state index is 0.173. The molecule has 0 aromatic carbocycles. The van der Waals surface area contributed by atoms with Gasteiger partial charge >= 0.3 is 0 Å². The van der Waals surface area contributed by atoms with Crippen LogP contribution in [0.3, 0.4) is 0 Å². The third-order valence-corrected chi connectivity index (χ3v) is 2.91. The minimum absolute atomic E-state index is 0.173. The highest BCUT2D eigenvalue weighted by molar-refractivity contribution is 4.97. The maximum atomic E-state index is 9.10. The van der Waals surface area contributed by atoms with Crippen LogP contribution in [0, 0.1) is 5.41 Å². The van der Waals surface area contributed by atoms with Crippen LogP contribution in [0.2, 0.25) is 0 Å². The molecule has 0 radical (unpaired) electrons. The van der Waals surface area contributed by atoms with Crippen molar-refractivity contribution < 1.29 is 5.11 Å². The first-order valence-corrected chi connectivity index (χ1v) is 4.91. The zero-order valence-electron chi connectivity index (χ0n) is 8.40. The monoisotopic (exact) mass is 196 g/mol. The van der Waals surface area contributed by atoms with Crippen molar-refractivity contribution in [2.75, 3.05) is 13.2 Å². The summed E-state index contributed by atoms with van der Waals surface area (Å²) in [6.45, 7) is 1.95. The second kappa shape index (κ2) is 3.67. The van der Waals surface area contributed by atoms with E-state index in [1.165, 1.54) is 0 Å². The Labute approximate surface area is 83.1 Å². The van der Waals surface area contributed by atoms with Gasteiger partial charge in [0.05, 0.1) is 11.9 Å². The zero-order valence-corrected chi connectivity index (χ0v) is 8.40. The van der Waals surface area contributed by atoms with E-state index >= 15 is 0 Å². The summed E-state index contributed by atoms with van der Waals surface area (Å²) in [5, 5.41) is 20.1. The summed E-state index contributed by atoms with van der Waals surface area (Å²) >= 11 is 0. The molecule has 0 atom stereocenters. The van der Waals surface area contributed by atoms with Gasteiger partial charge in [-0.05, 0) is 12.8 Å². The van der Waals surface area contributed by atoms with Crippen molar-refractivity contribution in [1.29, 1.82) is 0 Å². The number of nitrogens with one attached hydrogen (secondary N) is 1. The van der Waals surface area contributed by atoms with Crippen LogP contribution in [0.1, 0.15) is 18.5 Å². The molecule has 1 heterocycles. The number of aryl methyl sites for hydroxylation is 1. The van der Waals surface area contributed by atoms with Gasteiger partial charge in [-0.15, -0.1) is 5.10 Å². The van der Waals surface area contributed by atoms with Gasteiger partial charge in [0.15, 0.2) is 0 Å². The van der Waals surface area contributed by atoms with Crippen LogP contribution in [-0.2, 0) is 13.6 Å². The van der Waals surface area contributed by atoms with Gasteiger partial charge in [0.25, 0.3) is 0 Å². The number of nitrogens with zero attached hydrogens (tertiary/aromatic N) is 3. The molecule has 1 aliphatic rings. The van der Waals surface area contributed by atoms with Gasteiger partial charge in [-0.2, -0.15) is 0 Å². The maximum Gasteiger partial charge on any atom is 0.0738 e.